The van der Waals surface area contributed by atoms with E-state index in [0.29, 0.717) is 5.95 Å². The van der Waals surface area contributed by atoms with E-state index in [1.165, 1.54) is 54.4 Å². The van der Waals surface area contributed by atoms with Gasteiger partial charge in [0.25, 0.3) is 0 Å². The highest BCUT2D eigenvalue weighted by Crippen LogP contribution is 2.46. The van der Waals surface area contributed by atoms with Gasteiger partial charge in [-0.05, 0) is 58.3 Å². The topological polar surface area (TPSA) is 35.1 Å². The lowest BCUT2D eigenvalue weighted by molar-refractivity contribution is 1.02. The van der Waals surface area contributed by atoms with E-state index in [1.54, 1.807) is 0 Å². The third-order valence-corrected chi connectivity index (χ3v) is 11.0. The molecule has 0 aliphatic heterocycles. The summed E-state index contributed by atoms with van der Waals surface area (Å²) in [5.74, 6) is 0.660. The van der Waals surface area contributed by atoms with Crippen LogP contribution in [0.5, 0.6) is 0 Å². The van der Waals surface area contributed by atoms with E-state index < -0.39 is 0 Å². The molecule has 240 valence electrons. The van der Waals surface area contributed by atoms with Crippen molar-refractivity contribution in [2.75, 3.05) is 0 Å². The van der Waals surface area contributed by atoms with Gasteiger partial charge in [-0.25, -0.2) is 9.97 Å². The summed E-state index contributed by atoms with van der Waals surface area (Å²) in [5.41, 5.74) is 11.0. The summed E-state index contributed by atoms with van der Waals surface area (Å²) in [6, 6.07) is 61.1. The lowest BCUT2D eigenvalue weighted by Gasteiger charge is -2.14. The molecule has 12 rings (SSSR count). The van der Waals surface area contributed by atoms with E-state index in [2.05, 4.69) is 179 Å². The average Bonchev–Trinajstić information content (AvgIpc) is 3.69. The second-order valence-electron chi connectivity index (χ2n) is 13.8. The molecule has 0 spiro atoms. The second-order valence-corrected chi connectivity index (χ2v) is 13.8. The highest BCUT2D eigenvalue weighted by atomic mass is 15.2. The van der Waals surface area contributed by atoms with Gasteiger partial charge in [0, 0.05) is 43.3 Å². The Balaban J connectivity index is 1.34. The summed E-state index contributed by atoms with van der Waals surface area (Å²) in [6.07, 6.45) is 0. The second kappa shape index (κ2) is 10.3. The first-order chi connectivity index (χ1) is 25.8. The highest BCUT2D eigenvalue weighted by molar-refractivity contribution is 6.32. The largest absolute Gasteiger partial charge is 0.308 e. The summed E-state index contributed by atoms with van der Waals surface area (Å²) in [4.78, 5) is 11.0. The van der Waals surface area contributed by atoms with E-state index in [1.807, 2.05) is 0 Å². The standard InChI is InChI=1S/C48H28N4/c1-3-13-29(14-4-1)32-27-38-36-21-11-20-35-34-19-9-10-22-39(34)51(47(35)36)40-23-12-24-41-44(40)43(38)42(28-32)52(41)48-49-45(31-16-5-2-6-17-31)37-26-25-30-15-7-8-18-33(30)46(37)50-48/h1-28H. The fraction of sp³-hybridized carbons (Fsp3) is 0. The third kappa shape index (κ3) is 3.65. The van der Waals surface area contributed by atoms with Crippen LogP contribution in [-0.4, -0.2) is 18.9 Å². The van der Waals surface area contributed by atoms with Crippen molar-refractivity contribution in [2.24, 2.45) is 0 Å². The molecule has 0 unspecified atom stereocenters. The molecule has 4 heterocycles. The molecule has 0 fully saturated rings. The minimum atomic E-state index is 0.660. The van der Waals surface area contributed by atoms with Gasteiger partial charge in [-0.15, -0.1) is 0 Å². The first-order valence-corrected chi connectivity index (χ1v) is 17.8. The van der Waals surface area contributed by atoms with E-state index in [9.17, 15) is 0 Å². The summed E-state index contributed by atoms with van der Waals surface area (Å²) in [7, 11) is 0. The lowest BCUT2D eigenvalue weighted by atomic mass is 9.98. The first-order valence-electron chi connectivity index (χ1n) is 17.8. The van der Waals surface area contributed by atoms with Gasteiger partial charge in [-0.2, -0.15) is 0 Å². The van der Waals surface area contributed by atoms with E-state index >= 15 is 0 Å². The maximum atomic E-state index is 5.51. The molecular weight excluding hydrogens is 633 g/mol. The number of hydrogen-bond donors (Lipinski definition) is 0. The van der Waals surface area contributed by atoms with Gasteiger partial charge in [-0.1, -0.05) is 133 Å². The normalized spacial score (nSPS) is 12.2. The van der Waals surface area contributed by atoms with Crippen LogP contribution < -0.4 is 0 Å². The van der Waals surface area contributed by atoms with Crippen LogP contribution in [0.1, 0.15) is 0 Å². The van der Waals surface area contributed by atoms with Gasteiger partial charge in [-0.3, -0.25) is 4.57 Å². The predicted molar refractivity (Wildman–Crippen MR) is 217 cm³/mol. The van der Waals surface area contributed by atoms with Crippen molar-refractivity contribution >= 4 is 81.6 Å². The van der Waals surface area contributed by atoms with Crippen LogP contribution in [0.3, 0.4) is 0 Å². The van der Waals surface area contributed by atoms with Gasteiger partial charge in [0.1, 0.15) is 0 Å². The van der Waals surface area contributed by atoms with Crippen LogP contribution in [0.4, 0.5) is 0 Å². The quantitative estimate of drug-likeness (QED) is 0.177. The molecule has 0 radical (unpaired) electrons. The van der Waals surface area contributed by atoms with Crippen LogP contribution in [0.2, 0.25) is 0 Å². The number of benzene rings is 8. The van der Waals surface area contributed by atoms with Crippen LogP contribution in [-0.2, 0) is 0 Å². The third-order valence-electron chi connectivity index (χ3n) is 11.0. The Kier molecular flexibility index (Phi) is 5.47. The molecule has 4 aromatic heterocycles. The molecule has 0 amide bonds. The number of nitrogens with zero attached hydrogens (tertiary/aromatic N) is 4. The average molecular weight is 661 g/mol. The van der Waals surface area contributed by atoms with E-state index in [4.69, 9.17) is 9.97 Å². The van der Waals surface area contributed by atoms with Gasteiger partial charge in [0.2, 0.25) is 5.95 Å². The van der Waals surface area contributed by atoms with Crippen molar-refractivity contribution in [2.45, 2.75) is 0 Å². The lowest BCUT2D eigenvalue weighted by Crippen LogP contribution is -2.04. The molecule has 4 heteroatoms. The van der Waals surface area contributed by atoms with Crippen LogP contribution in [0, 0.1) is 0 Å². The molecule has 0 aliphatic carbocycles. The summed E-state index contributed by atoms with van der Waals surface area (Å²) in [5, 5.41) is 10.7. The number of rotatable bonds is 3. The van der Waals surface area contributed by atoms with Crippen molar-refractivity contribution in [3.8, 4) is 28.3 Å². The Labute approximate surface area is 297 Å². The van der Waals surface area contributed by atoms with Crippen LogP contribution >= 0.6 is 0 Å². The first kappa shape index (κ1) is 27.7. The van der Waals surface area contributed by atoms with E-state index in [0.717, 1.165) is 49.5 Å². The smallest absolute Gasteiger partial charge is 0.235 e. The number of fused-ring (bicyclic) bond motifs is 8. The molecule has 0 saturated heterocycles. The summed E-state index contributed by atoms with van der Waals surface area (Å²) >= 11 is 0. The van der Waals surface area contributed by atoms with Crippen LogP contribution in [0.15, 0.2) is 170 Å². The molecule has 52 heavy (non-hydrogen) atoms. The summed E-state index contributed by atoms with van der Waals surface area (Å²) in [6.45, 7) is 0. The van der Waals surface area contributed by atoms with Crippen molar-refractivity contribution in [1.29, 1.82) is 0 Å². The van der Waals surface area contributed by atoms with Crippen molar-refractivity contribution in [3.63, 3.8) is 0 Å². The molecule has 12 aromatic rings. The Hall–Kier alpha value is -7.04. The molecule has 0 bridgehead atoms. The van der Waals surface area contributed by atoms with Crippen LogP contribution in [0.25, 0.3) is 110 Å². The van der Waals surface area contributed by atoms with Gasteiger partial charge in [0.15, 0.2) is 0 Å². The summed E-state index contributed by atoms with van der Waals surface area (Å²) < 4.78 is 4.80. The molecule has 4 nitrogen and oxygen atoms in total. The van der Waals surface area contributed by atoms with Crippen molar-refractivity contribution in [3.05, 3.63) is 170 Å². The Morgan fingerprint density at radius 1 is 0.365 bits per heavy atom. The number of hydrogen-bond acceptors (Lipinski definition) is 2. The Bertz CT molecular complexity index is 3390. The molecule has 0 atom stereocenters. The van der Waals surface area contributed by atoms with Crippen molar-refractivity contribution < 1.29 is 0 Å². The fourth-order valence-corrected chi connectivity index (χ4v) is 8.83. The number of para-hydroxylation sites is 2. The fourth-order valence-electron chi connectivity index (χ4n) is 8.83. The zero-order valence-electron chi connectivity index (χ0n) is 28.0. The van der Waals surface area contributed by atoms with Gasteiger partial charge in [0.05, 0.1) is 38.8 Å². The highest BCUT2D eigenvalue weighted by Gasteiger charge is 2.24. The maximum absolute atomic E-state index is 5.51. The minimum absolute atomic E-state index is 0.660. The Morgan fingerprint density at radius 2 is 1.02 bits per heavy atom. The molecule has 0 N–H and O–H groups in total. The maximum Gasteiger partial charge on any atom is 0.235 e. The van der Waals surface area contributed by atoms with Gasteiger partial charge < -0.3 is 4.40 Å². The monoisotopic (exact) mass is 660 g/mol. The zero-order valence-corrected chi connectivity index (χ0v) is 28.0. The zero-order chi connectivity index (χ0) is 33.9. The number of aromatic nitrogens is 4. The predicted octanol–water partition coefficient (Wildman–Crippen LogP) is 12.4. The molecular formula is C48H28N4. The molecule has 8 aromatic carbocycles. The van der Waals surface area contributed by atoms with Gasteiger partial charge >= 0.3 is 0 Å². The molecule has 0 aliphatic rings. The SMILES string of the molecule is c1ccc(-c2cc3c4cccc5c6ccccc6n(c6cccc7c6c3c(c2)n7-c2nc(-c3ccccc3)c3ccc6ccccc6c3n2)c45)cc1. The minimum Gasteiger partial charge on any atom is -0.308 e. The molecule has 0 saturated carbocycles. The van der Waals surface area contributed by atoms with Crippen molar-refractivity contribution in [1.82, 2.24) is 18.9 Å². The van der Waals surface area contributed by atoms with E-state index in [-0.39, 0.29) is 0 Å². The Morgan fingerprint density at radius 3 is 1.87 bits per heavy atom.